The van der Waals surface area contributed by atoms with Gasteiger partial charge in [0.25, 0.3) is 0 Å². The van der Waals surface area contributed by atoms with Gasteiger partial charge in [-0.2, -0.15) is 0 Å². The molecule has 0 radical (unpaired) electrons. The highest BCUT2D eigenvalue weighted by atomic mass is 14.8. The Labute approximate surface area is 93.9 Å². The first-order valence-corrected chi connectivity index (χ1v) is 5.79. The van der Waals surface area contributed by atoms with Crippen molar-refractivity contribution in [1.29, 1.82) is 0 Å². The van der Waals surface area contributed by atoms with Gasteiger partial charge in [0, 0.05) is 6.04 Å². The zero-order chi connectivity index (χ0) is 11.4. The number of benzene rings is 1. The summed E-state index contributed by atoms with van der Waals surface area (Å²) in [6, 6.07) is 7.32. The van der Waals surface area contributed by atoms with Crippen LogP contribution in [0.25, 0.3) is 0 Å². The van der Waals surface area contributed by atoms with E-state index in [1.54, 1.807) is 0 Å². The van der Waals surface area contributed by atoms with Crippen molar-refractivity contribution in [2.75, 3.05) is 7.05 Å². The number of aryl methyl sites for hydroxylation is 2. The van der Waals surface area contributed by atoms with Crippen LogP contribution >= 0.6 is 0 Å². The van der Waals surface area contributed by atoms with Crippen LogP contribution in [-0.2, 0) is 0 Å². The molecule has 0 saturated heterocycles. The molecule has 15 heavy (non-hydrogen) atoms. The molecule has 1 nitrogen and oxygen atoms in total. The van der Waals surface area contributed by atoms with Gasteiger partial charge in [-0.15, -0.1) is 0 Å². The summed E-state index contributed by atoms with van der Waals surface area (Å²) in [6.45, 7) is 8.92. The quantitative estimate of drug-likeness (QED) is 0.794. The zero-order valence-electron chi connectivity index (χ0n) is 10.6. The smallest absolute Gasteiger partial charge is 0.00414 e. The Bertz CT molecular complexity index is 317. The summed E-state index contributed by atoms with van der Waals surface area (Å²) in [4.78, 5) is 0. The van der Waals surface area contributed by atoms with E-state index in [0.717, 1.165) is 0 Å². The van der Waals surface area contributed by atoms with Gasteiger partial charge in [0.15, 0.2) is 0 Å². The summed E-state index contributed by atoms with van der Waals surface area (Å²) in [5.74, 6) is 0.632. The Morgan fingerprint density at radius 2 is 1.87 bits per heavy atom. The maximum Gasteiger partial charge on any atom is 0.00414 e. The van der Waals surface area contributed by atoms with Crippen molar-refractivity contribution in [3.05, 3.63) is 34.9 Å². The van der Waals surface area contributed by atoms with Crippen LogP contribution in [0, 0.1) is 13.8 Å². The van der Waals surface area contributed by atoms with E-state index < -0.39 is 0 Å². The lowest BCUT2D eigenvalue weighted by Gasteiger charge is -2.19. The topological polar surface area (TPSA) is 12.0 Å². The van der Waals surface area contributed by atoms with E-state index in [9.17, 15) is 0 Å². The SMILES string of the molecule is CNC(C)CC(C)c1cc(C)ccc1C. The minimum absolute atomic E-state index is 0.583. The first-order chi connectivity index (χ1) is 7.04. The van der Waals surface area contributed by atoms with E-state index in [-0.39, 0.29) is 0 Å². The molecule has 0 aliphatic carbocycles. The molecule has 0 saturated carbocycles. The van der Waals surface area contributed by atoms with E-state index in [4.69, 9.17) is 0 Å². The molecule has 0 aliphatic heterocycles. The van der Waals surface area contributed by atoms with Crippen molar-refractivity contribution in [1.82, 2.24) is 5.32 Å². The van der Waals surface area contributed by atoms with Crippen molar-refractivity contribution in [3.63, 3.8) is 0 Å². The molecule has 2 unspecified atom stereocenters. The highest BCUT2D eigenvalue weighted by Gasteiger charge is 2.11. The van der Waals surface area contributed by atoms with E-state index >= 15 is 0 Å². The largest absolute Gasteiger partial charge is 0.317 e. The van der Waals surface area contributed by atoms with Crippen LogP contribution in [0.3, 0.4) is 0 Å². The lowest BCUT2D eigenvalue weighted by atomic mass is 9.90. The van der Waals surface area contributed by atoms with Gasteiger partial charge in [-0.25, -0.2) is 0 Å². The molecule has 1 rings (SSSR count). The number of rotatable bonds is 4. The Kier molecular flexibility index (Phi) is 4.34. The fourth-order valence-electron chi connectivity index (χ4n) is 2.07. The van der Waals surface area contributed by atoms with Gasteiger partial charge in [0.1, 0.15) is 0 Å². The van der Waals surface area contributed by atoms with E-state index in [0.29, 0.717) is 12.0 Å². The minimum atomic E-state index is 0.583. The van der Waals surface area contributed by atoms with Gasteiger partial charge >= 0.3 is 0 Å². The first-order valence-electron chi connectivity index (χ1n) is 5.79. The third-order valence-electron chi connectivity index (χ3n) is 3.17. The highest BCUT2D eigenvalue weighted by molar-refractivity contribution is 5.33. The first kappa shape index (κ1) is 12.3. The fourth-order valence-corrected chi connectivity index (χ4v) is 2.07. The van der Waals surface area contributed by atoms with Gasteiger partial charge in [-0.05, 0) is 51.3 Å². The average molecular weight is 205 g/mol. The van der Waals surface area contributed by atoms with Crippen LogP contribution < -0.4 is 5.32 Å². The molecule has 0 aromatic heterocycles. The monoisotopic (exact) mass is 205 g/mol. The van der Waals surface area contributed by atoms with E-state index in [1.807, 2.05) is 7.05 Å². The van der Waals surface area contributed by atoms with Crippen LogP contribution in [0.1, 0.15) is 42.9 Å². The second-order valence-electron chi connectivity index (χ2n) is 4.69. The predicted octanol–water partition coefficient (Wildman–Crippen LogP) is 3.40. The number of hydrogen-bond acceptors (Lipinski definition) is 1. The zero-order valence-corrected chi connectivity index (χ0v) is 10.6. The Morgan fingerprint density at radius 3 is 2.47 bits per heavy atom. The van der Waals surface area contributed by atoms with Gasteiger partial charge in [0.2, 0.25) is 0 Å². The lowest BCUT2D eigenvalue weighted by Crippen LogP contribution is -2.23. The average Bonchev–Trinajstić information content (AvgIpc) is 2.21. The van der Waals surface area contributed by atoms with Gasteiger partial charge in [0.05, 0.1) is 0 Å². The second kappa shape index (κ2) is 5.32. The summed E-state index contributed by atoms with van der Waals surface area (Å²) in [7, 11) is 2.03. The van der Waals surface area contributed by atoms with Crippen molar-refractivity contribution >= 4 is 0 Å². The normalized spacial score (nSPS) is 15.0. The molecule has 1 aromatic carbocycles. The highest BCUT2D eigenvalue weighted by Crippen LogP contribution is 2.24. The van der Waals surface area contributed by atoms with Crippen molar-refractivity contribution in [2.45, 2.75) is 46.1 Å². The van der Waals surface area contributed by atoms with E-state index in [2.05, 4.69) is 51.2 Å². The number of nitrogens with one attached hydrogen (secondary N) is 1. The molecular weight excluding hydrogens is 182 g/mol. The summed E-state index contributed by atoms with van der Waals surface area (Å²) >= 11 is 0. The summed E-state index contributed by atoms with van der Waals surface area (Å²) in [6.07, 6.45) is 1.20. The fraction of sp³-hybridized carbons (Fsp3) is 0.571. The van der Waals surface area contributed by atoms with Crippen LogP contribution in [0.2, 0.25) is 0 Å². The van der Waals surface area contributed by atoms with Gasteiger partial charge in [-0.3, -0.25) is 0 Å². The number of hydrogen-bond donors (Lipinski definition) is 1. The molecule has 0 aliphatic rings. The third-order valence-corrected chi connectivity index (χ3v) is 3.17. The summed E-state index contributed by atoms with van der Waals surface area (Å²) < 4.78 is 0. The molecule has 1 heteroatoms. The van der Waals surface area contributed by atoms with Gasteiger partial charge < -0.3 is 5.32 Å². The molecule has 1 N–H and O–H groups in total. The summed E-state index contributed by atoms with van der Waals surface area (Å²) in [5, 5.41) is 3.30. The van der Waals surface area contributed by atoms with E-state index in [1.165, 1.54) is 23.1 Å². The molecule has 0 amide bonds. The van der Waals surface area contributed by atoms with Crippen LogP contribution in [0.15, 0.2) is 18.2 Å². The Balaban J connectivity index is 2.80. The molecule has 0 bridgehead atoms. The molecule has 0 fully saturated rings. The predicted molar refractivity (Wildman–Crippen MR) is 67.5 cm³/mol. The van der Waals surface area contributed by atoms with Crippen molar-refractivity contribution in [3.8, 4) is 0 Å². The standard InChI is InChI=1S/C14H23N/c1-10-6-7-11(2)14(8-10)12(3)9-13(4)15-5/h6-8,12-13,15H,9H2,1-5H3. The minimum Gasteiger partial charge on any atom is -0.317 e. The summed E-state index contributed by atoms with van der Waals surface area (Å²) in [5.41, 5.74) is 4.27. The van der Waals surface area contributed by atoms with Crippen molar-refractivity contribution in [2.24, 2.45) is 0 Å². The van der Waals surface area contributed by atoms with Crippen LogP contribution in [-0.4, -0.2) is 13.1 Å². The second-order valence-corrected chi connectivity index (χ2v) is 4.69. The van der Waals surface area contributed by atoms with Crippen LogP contribution in [0.5, 0.6) is 0 Å². The molecule has 2 atom stereocenters. The Hall–Kier alpha value is -0.820. The molecular formula is C14H23N. The molecule has 0 spiro atoms. The lowest BCUT2D eigenvalue weighted by molar-refractivity contribution is 0.515. The third kappa shape index (κ3) is 3.35. The maximum atomic E-state index is 3.30. The van der Waals surface area contributed by atoms with Crippen LogP contribution in [0.4, 0.5) is 0 Å². The molecule has 84 valence electrons. The van der Waals surface area contributed by atoms with Gasteiger partial charge in [-0.1, -0.05) is 30.7 Å². The Morgan fingerprint density at radius 1 is 1.20 bits per heavy atom. The molecule has 0 heterocycles. The molecule has 1 aromatic rings. The maximum absolute atomic E-state index is 3.30. The van der Waals surface area contributed by atoms with Crippen molar-refractivity contribution < 1.29 is 0 Å².